The number of carbonyl (C=O) groups excluding carboxylic acids is 1. The number of nitrogens with one attached hydrogen (secondary N) is 1. The molecule has 0 aliphatic carbocycles. The molecule has 0 unspecified atom stereocenters. The maximum absolute atomic E-state index is 12.6. The molecule has 0 saturated carbocycles. The van der Waals surface area contributed by atoms with Gasteiger partial charge in [0.15, 0.2) is 0 Å². The van der Waals surface area contributed by atoms with E-state index in [0.717, 1.165) is 37.3 Å². The van der Waals surface area contributed by atoms with Crippen LogP contribution in [-0.4, -0.2) is 35.0 Å². The van der Waals surface area contributed by atoms with E-state index in [4.69, 9.17) is 0 Å². The molecule has 2 aromatic rings. The summed E-state index contributed by atoms with van der Waals surface area (Å²) in [5, 5.41) is 2.96. The van der Waals surface area contributed by atoms with Crippen LogP contribution >= 0.6 is 0 Å². The number of para-hydroxylation sites is 1. The van der Waals surface area contributed by atoms with Crippen LogP contribution in [0.1, 0.15) is 35.7 Å². The lowest BCUT2D eigenvalue weighted by molar-refractivity contribution is 0.102. The van der Waals surface area contributed by atoms with Gasteiger partial charge in [0.25, 0.3) is 11.5 Å². The van der Waals surface area contributed by atoms with Gasteiger partial charge in [0.2, 0.25) is 0 Å². The summed E-state index contributed by atoms with van der Waals surface area (Å²) in [7, 11) is 0. The fraction of sp³-hybridized carbons (Fsp3) is 0.400. The van der Waals surface area contributed by atoms with E-state index in [0.29, 0.717) is 12.1 Å². The molecule has 1 fully saturated rings. The first-order valence-electron chi connectivity index (χ1n) is 8.99. The lowest BCUT2D eigenvalue weighted by atomic mass is 10.1. The van der Waals surface area contributed by atoms with Gasteiger partial charge >= 0.3 is 0 Å². The summed E-state index contributed by atoms with van der Waals surface area (Å²) in [6, 6.07) is 10.9. The normalized spacial score (nSPS) is 14.6. The van der Waals surface area contributed by atoms with Gasteiger partial charge in [-0.2, -0.15) is 0 Å². The van der Waals surface area contributed by atoms with Crippen molar-refractivity contribution in [2.75, 3.05) is 25.0 Å². The van der Waals surface area contributed by atoms with Crippen molar-refractivity contribution < 1.29 is 4.79 Å². The van der Waals surface area contributed by atoms with E-state index in [1.165, 1.54) is 18.9 Å². The number of aryl methyl sites for hydroxylation is 1. The number of amides is 1. The highest BCUT2D eigenvalue weighted by atomic mass is 16.2. The SMILES string of the molecule is CCc1ccccc1NC(=O)c1ccc(=O)n(CCN2CCCC2)c1. The Morgan fingerprint density at radius 3 is 2.60 bits per heavy atom. The van der Waals surface area contributed by atoms with Crippen molar-refractivity contribution in [1.82, 2.24) is 9.47 Å². The first kappa shape index (κ1) is 17.4. The maximum atomic E-state index is 12.6. The molecule has 1 N–H and O–H groups in total. The molecule has 0 bridgehead atoms. The average Bonchev–Trinajstić information content (AvgIpc) is 3.15. The van der Waals surface area contributed by atoms with E-state index in [2.05, 4.69) is 17.1 Å². The van der Waals surface area contributed by atoms with Crippen molar-refractivity contribution in [3.05, 3.63) is 64.1 Å². The number of rotatable bonds is 6. The zero-order valence-electron chi connectivity index (χ0n) is 14.7. The monoisotopic (exact) mass is 339 g/mol. The summed E-state index contributed by atoms with van der Waals surface area (Å²) in [6.07, 6.45) is 4.98. The summed E-state index contributed by atoms with van der Waals surface area (Å²) in [5.74, 6) is -0.184. The topological polar surface area (TPSA) is 54.3 Å². The van der Waals surface area contributed by atoms with E-state index in [9.17, 15) is 9.59 Å². The summed E-state index contributed by atoms with van der Waals surface area (Å²) in [6.45, 7) is 5.73. The Hall–Kier alpha value is -2.40. The van der Waals surface area contributed by atoms with Gasteiger partial charge in [0, 0.05) is 31.0 Å². The molecule has 5 nitrogen and oxygen atoms in total. The highest BCUT2D eigenvalue weighted by molar-refractivity contribution is 6.04. The van der Waals surface area contributed by atoms with E-state index in [1.807, 2.05) is 24.3 Å². The third-order valence-electron chi connectivity index (χ3n) is 4.75. The second-order valence-corrected chi connectivity index (χ2v) is 6.46. The molecule has 1 saturated heterocycles. The lowest BCUT2D eigenvalue weighted by Gasteiger charge is -2.16. The van der Waals surface area contributed by atoms with Crippen LogP contribution in [0.4, 0.5) is 5.69 Å². The Kier molecular flexibility index (Phi) is 5.66. The van der Waals surface area contributed by atoms with E-state index in [-0.39, 0.29) is 11.5 Å². The number of carbonyl (C=O) groups is 1. The van der Waals surface area contributed by atoms with Gasteiger partial charge in [-0.1, -0.05) is 25.1 Å². The molecule has 1 aromatic carbocycles. The number of anilines is 1. The maximum Gasteiger partial charge on any atom is 0.257 e. The van der Waals surface area contributed by atoms with Crippen molar-refractivity contribution in [1.29, 1.82) is 0 Å². The minimum atomic E-state index is -0.184. The van der Waals surface area contributed by atoms with Crippen LogP contribution in [0.5, 0.6) is 0 Å². The molecule has 132 valence electrons. The number of benzene rings is 1. The fourth-order valence-electron chi connectivity index (χ4n) is 3.24. The molecule has 0 atom stereocenters. The minimum absolute atomic E-state index is 0.0651. The van der Waals surface area contributed by atoms with Crippen molar-refractivity contribution in [2.45, 2.75) is 32.7 Å². The van der Waals surface area contributed by atoms with Crippen molar-refractivity contribution >= 4 is 11.6 Å². The van der Waals surface area contributed by atoms with Crippen LogP contribution in [0.15, 0.2) is 47.4 Å². The third kappa shape index (κ3) is 4.37. The van der Waals surface area contributed by atoms with E-state index < -0.39 is 0 Å². The fourth-order valence-corrected chi connectivity index (χ4v) is 3.24. The molecule has 1 aromatic heterocycles. The van der Waals surface area contributed by atoms with Crippen molar-refractivity contribution in [3.8, 4) is 0 Å². The summed E-state index contributed by atoms with van der Waals surface area (Å²) in [4.78, 5) is 27.0. The first-order valence-corrected chi connectivity index (χ1v) is 8.99. The van der Waals surface area contributed by atoms with E-state index in [1.54, 1.807) is 16.8 Å². The molecule has 0 radical (unpaired) electrons. The Morgan fingerprint density at radius 2 is 1.84 bits per heavy atom. The zero-order valence-corrected chi connectivity index (χ0v) is 14.7. The number of nitrogens with zero attached hydrogens (tertiary/aromatic N) is 2. The number of hydrogen-bond donors (Lipinski definition) is 1. The van der Waals surface area contributed by atoms with Crippen LogP contribution in [0.3, 0.4) is 0 Å². The minimum Gasteiger partial charge on any atom is -0.322 e. The molecule has 0 spiro atoms. The smallest absolute Gasteiger partial charge is 0.257 e. The number of likely N-dealkylation sites (tertiary alicyclic amines) is 1. The van der Waals surface area contributed by atoms with Gasteiger partial charge in [0.05, 0.1) is 5.56 Å². The van der Waals surface area contributed by atoms with Crippen LogP contribution in [0, 0.1) is 0 Å². The van der Waals surface area contributed by atoms with Crippen molar-refractivity contribution in [2.24, 2.45) is 0 Å². The van der Waals surface area contributed by atoms with Crippen molar-refractivity contribution in [3.63, 3.8) is 0 Å². The molecule has 1 aliphatic rings. The number of pyridine rings is 1. The van der Waals surface area contributed by atoms with Crippen LogP contribution in [0.25, 0.3) is 0 Å². The average molecular weight is 339 g/mol. The predicted molar refractivity (Wildman–Crippen MR) is 100 cm³/mol. The Labute approximate surface area is 148 Å². The summed E-state index contributed by atoms with van der Waals surface area (Å²) >= 11 is 0. The molecule has 25 heavy (non-hydrogen) atoms. The standard InChI is InChI=1S/C20H25N3O2/c1-2-16-7-3-4-8-18(16)21-20(25)17-9-10-19(24)23(15-17)14-13-22-11-5-6-12-22/h3-4,7-10,15H,2,5-6,11-14H2,1H3,(H,21,25). The molecule has 2 heterocycles. The Balaban J connectivity index is 1.72. The van der Waals surface area contributed by atoms with Crippen LogP contribution < -0.4 is 10.9 Å². The molecule has 5 heteroatoms. The Bertz CT molecular complexity index is 792. The van der Waals surface area contributed by atoms with Gasteiger partial charge in [-0.15, -0.1) is 0 Å². The highest BCUT2D eigenvalue weighted by Crippen LogP contribution is 2.16. The second-order valence-electron chi connectivity index (χ2n) is 6.46. The lowest BCUT2D eigenvalue weighted by Crippen LogP contribution is -2.29. The van der Waals surface area contributed by atoms with E-state index >= 15 is 0 Å². The molecular formula is C20H25N3O2. The molecule has 3 rings (SSSR count). The van der Waals surface area contributed by atoms with Gasteiger partial charge in [-0.05, 0) is 50.0 Å². The molecule has 1 amide bonds. The third-order valence-corrected chi connectivity index (χ3v) is 4.75. The van der Waals surface area contributed by atoms with Crippen LogP contribution in [-0.2, 0) is 13.0 Å². The van der Waals surface area contributed by atoms with Gasteiger partial charge in [-0.25, -0.2) is 0 Å². The predicted octanol–water partition coefficient (Wildman–Crippen LogP) is 2.76. The zero-order chi connectivity index (χ0) is 17.6. The quantitative estimate of drug-likeness (QED) is 0.880. The highest BCUT2D eigenvalue weighted by Gasteiger charge is 2.13. The summed E-state index contributed by atoms with van der Waals surface area (Å²) < 4.78 is 1.64. The molecular weight excluding hydrogens is 314 g/mol. The first-order chi connectivity index (χ1) is 12.2. The van der Waals surface area contributed by atoms with Gasteiger partial charge in [-0.3, -0.25) is 9.59 Å². The van der Waals surface area contributed by atoms with Crippen LogP contribution in [0.2, 0.25) is 0 Å². The number of hydrogen-bond acceptors (Lipinski definition) is 3. The summed E-state index contributed by atoms with van der Waals surface area (Å²) in [5.41, 5.74) is 2.36. The van der Waals surface area contributed by atoms with Gasteiger partial charge in [0.1, 0.15) is 0 Å². The largest absolute Gasteiger partial charge is 0.322 e. The Morgan fingerprint density at radius 1 is 1.08 bits per heavy atom. The van der Waals surface area contributed by atoms with Gasteiger partial charge < -0.3 is 14.8 Å². The number of aromatic nitrogens is 1. The second kappa shape index (κ2) is 8.12. The molecule has 1 aliphatic heterocycles.